The molecular formula is C18H28N2O2. The van der Waals surface area contributed by atoms with Gasteiger partial charge in [0.1, 0.15) is 5.60 Å². The van der Waals surface area contributed by atoms with E-state index in [0.29, 0.717) is 6.04 Å². The summed E-state index contributed by atoms with van der Waals surface area (Å²) < 4.78 is 5.32. The second-order valence-electron chi connectivity index (χ2n) is 7.01. The summed E-state index contributed by atoms with van der Waals surface area (Å²) in [6, 6.07) is 9.04. The highest BCUT2D eigenvalue weighted by Crippen LogP contribution is 2.25. The molecule has 2 N–H and O–H groups in total. The van der Waals surface area contributed by atoms with Crippen molar-refractivity contribution in [2.75, 3.05) is 5.32 Å². The molecule has 0 heterocycles. The second kappa shape index (κ2) is 7.03. The molecule has 0 aliphatic heterocycles. The van der Waals surface area contributed by atoms with E-state index < -0.39 is 5.60 Å². The monoisotopic (exact) mass is 304 g/mol. The number of nitrogens with one attached hydrogen (secondary N) is 2. The van der Waals surface area contributed by atoms with Crippen molar-refractivity contribution in [1.82, 2.24) is 5.32 Å². The van der Waals surface area contributed by atoms with E-state index in [1.807, 2.05) is 20.8 Å². The van der Waals surface area contributed by atoms with Crippen LogP contribution in [0.2, 0.25) is 0 Å². The van der Waals surface area contributed by atoms with Crippen molar-refractivity contribution in [3.05, 3.63) is 29.8 Å². The van der Waals surface area contributed by atoms with Crippen LogP contribution in [0, 0.1) is 0 Å². The molecule has 1 aliphatic rings. The smallest absolute Gasteiger partial charge is 0.407 e. The molecule has 1 aromatic rings. The van der Waals surface area contributed by atoms with Gasteiger partial charge in [0.05, 0.1) is 0 Å². The van der Waals surface area contributed by atoms with Crippen LogP contribution in [0.3, 0.4) is 0 Å². The fourth-order valence-corrected chi connectivity index (χ4v) is 2.91. The lowest BCUT2D eigenvalue weighted by atomic mass is 10.1. The van der Waals surface area contributed by atoms with Crippen LogP contribution >= 0.6 is 0 Å². The third-order valence-electron chi connectivity index (χ3n) is 3.91. The summed E-state index contributed by atoms with van der Waals surface area (Å²) in [4.78, 5) is 11.8. The molecule has 0 aromatic heterocycles. The highest BCUT2D eigenvalue weighted by molar-refractivity contribution is 5.68. The molecule has 1 aliphatic carbocycles. The summed E-state index contributed by atoms with van der Waals surface area (Å²) in [7, 11) is 0. The van der Waals surface area contributed by atoms with Crippen LogP contribution in [-0.4, -0.2) is 23.8 Å². The van der Waals surface area contributed by atoms with Crippen LogP contribution in [0.4, 0.5) is 10.5 Å². The average molecular weight is 304 g/mol. The molecule has 4 nitrogen and oxygen atoms in total. The summed E-state index contributed by atoms with van der Waals surface area (Å²) in [6.07, 6.45) is 3.71. The van der Waals surface area contributed by atoms with Crippen LogP contribution in [0.25, 0.3) is 0 Å². The Morgan fingerprint density at radius 3 is 2.59 bits per heavy atom. The number of benzene rings is 1. The van der Waals surface area contributed by atoms with Gasteiger partial charge in [-0.1, -0.05) is 25.1 Å². The van der Waals surface area contributed by atoms with Gasteiger partial charge in [-0.05, 0) is 58.1 Å². The molecule has 22 heavy (non-hydrogen) atoms. The highest BCUT2D eigenvalue weighted by Gasteiger charge is 2.27. The van der Waals surface area contributed by atoms with Gasteiger partial charge in [0.15, 0.2) is 0 Å². The van der Waals surface area contributed by atoms with E-state index in [2.05, 4.69) is 41.8 Å². The maximum Gasteiger partial charge on any atom is 0.407 e. The predicted molar refractivity (Wildman–Crippen MR) is 90.2 cm³/mol. The van der Waals surface area contributed by atoms with Crippen LogP contribution in [-0.2, 0) is 11.2 Å². The molecule has 1 amide bonds. The first-order chi connectivity index (χ1) is 10.4. The normalized spacial score (nSPS) is 21.5. The molecule has 2 rings (SSSR count). The number of hydrogen-bond acceptors (Lipinski definition) is 3. The summed E-state index contributed by atoms with van der Waals surface area (Å²) in [5.41, 5.74) is 2.11. The summed E-state index contributed by atoms with van der Waals surface area (Å²) in [5.74, 6) is 0. The Morgan fingerprint density at radius 2 is 1.91 bits per heavy atom. The van der Waals surface area contributed by atoms with E-state index in [9.17, 15) is 4.79 Å². The SMILES string of the molecule is CCc1ccccc1NC1CCC(NC(=O)OC(C)(C)C)C1. The number of amides is 1. The van der Waals surface area contributed by atoms with Crippen molar-refractivity contribution < 1.29 is 9.53 Å². The van der Waals surface area contributed by atoms with Crippen LogP contribution < -0.4 is 10.6 Å². The molecule has 122 valence electrons. The van der Waals surface area contributed by atoms with E-state index in [4.69, 9.17) is 4.74 Å². The maximum atomic E-state index is 11.8. The minimum absolute atomic E-state index is 0.195. The quantitative estimate of drug-likeness (QED) is 0.880. The summed E-state index contributed by atoms with van der Waals surface area (Å²) in [5, 5.41) is 6.60. The van der Waals surface area contributed by atoms with Crippen molar-refractivity contribution >= 4 is 11.8 Å². The van der Waals surface area contributed by atoms with Gasteiger partial charge in [-0.15, -0.1) is 0 Å². The van der Waals surface area contributed by atoms with Gasteiger partial charge in [0.25, 0.3) is 0 Å². The van der Waals surface area contributed by atoms with Gasteiger partial charge in [0, 0.05) is 17.8 Å². The first-order valence-corrected chi connectivity index (χ1v) is 8.21. The number of rotatable bonds is 4. The standard InChI is InChI=1S/C18H28N2O2/c1-5-13-8-6-7-9-16(13)19-14-10-11-15(12-14)20-17(21)22-18(2,3)4/h6-9,14-15,19H,5,10-12H2,1-4H3,(H,20,21). The van der Waals surface area contributed by atoms with Crippen molar-refractivity contribution in [3.63, 3.8) is 0 Å². The lowest BCUT2D eigenvalue weighted by Gasteiger charge is -2.22. The number of anilines is 1. The maximum absolute atomic E-state index is 11.8. The van der Waals surface area contributed by atoms with E-state index in [1.54, 1.807) is 0 Å². The van der Waals surface area contributed by atoms with E-state index in [0.717, 1.165) is 25.7 Å². The lowest BCUT2D eigenvalue weighted by molar-refractivity contribution is 0.0505. The van der Waals surface area contributed by atoms with E-state index >= 15 is 0 Å². The number of ether oxygens (including phenoxy) is 1. The third-order valence-corrected chi connectivity index (χ3v) is 3.91. The molecule has 0 spiro atoms. The molecule has 4 heteroatoms. The molecule has 0 saturated heterocycles. The fourth-order valence-electron chi connectivity index (χ4n) is 2.91. The Kier molecular flexibility index (Phi) is 5.33. The Hall–Kier alpha value is -1.71. The van der Waals surface area contributed by atoms with Gasteiger partial charge in [-0.25, -0.2) is 4.79 Å². The van der Waals surface area contributed by atoms with Crippen LogP contribution in [0.15, 0.2) is 24.3 Å². The molecule has 1 fully saturated rings. The summed E-state index contributed by atoms with van der Waals surface area (Å²) >= 11 is 0. The first kappa shape index (κ1) is 16.7. The van der Waals surface area contributed by atoms with E-state index in [1.165, 1.54) is 11.3 Å². The minimum Gasteiger partial charge on any atom is -0.444 e. The number of carbonyl (C=O) groups is 1. The zero-order chi connectivity index (χ0) is 16.2. The number of para-hydroxylation sites is 1. The Morgan fingerprint density at radius 1 is 1.23 bits per heavy atom. The molecule has 0 bridgehead atoms. The number of hydrogen-bond donors (Lipinski definition) is 2. The predicted octanol–water partition coefficient (Wildman–Crippen LogP) is 4.11. The van der Waals surface area contributed by atoms with Gasteiger partial charge >= 0.3 is 6.09 Å². The van der Waals surface area contributed by atoms with Crippen molar-refractivity contribution in [2.45, 2.75) is 71.1 Å². The molecule has 1 aromatic carbocycles. The Balaban J connectivity index is 1.84. The fraction of sp³-hybridized carbons (Fsp3) is 0.611. The average Bonchev–Trinajstić information content (AvgIpc) is 2.84. The van der Waals surface area contributed by atoms with Gasteiger partial charge in [-0.2, -0.15) is 0 Å². The zero-order valence-corrected chi connectivity index (χ0v) is 14.1. The number of aryl methyl sites for hydroxylation is 1. The number of carbonyl (C=O) groups excluding carboxylic acids is 1. The van der Waals surface area contributed by atoms with Gasteiger partial charge in [0.2, 0.25) is 0 Å². The van der Waals surface area contributed by atoms with Crippen LogP contribution in [0.5, 0.6) is 0 Å². The third kappa shape index (κ3) is 4.93. The van der Waals surface area contributed by atoms with Crippen LogP contribution in [0.1, 0.15) is 52.5 Å². The summed E-state index contributed by atoms with van der Waals surface area (Å²) in [6.45, 7) is 7.82. The number of alkyl carbamates (subject to hydrolysis) is 1. The zero-order valence-electron chi connectivity index (χ0n) is 14.1. The molecule has 1 saturated carbocycles. The second-order valence-corrected chi connectivity index (χ2v) is 7.01. The highest BCUT2D eigenvalue weighted by atomic mass is 16.6. The van der Waals surface area contributed by atoms with Crippen molar-refractivity contribution in [3.8, 4) is 0 Å². The van der Waals surface area contributed by atoms with Crippen molar-refractivity contribution in [1.29, 1.82) is 0 Å². The molecule has 0 radical (unpaired) electrons. The minimum atomic E-state index is -0.444. The van der Waals surface area contributed by atoms with Gasteiger partial charge < -0.3 is 15.4 Å². The van der Waals surface area contributed by atoms with Gasteiger partial charge in [-0.3, -0.25) is 0 Å². The van der Waals surface area contributed by atoms with E-state index in [-0.39, 0.29) is 12.1 Å². The van der Waals surface area contributed by atoms with Crippen molar-refractivity contribution in [2.24, 2.45) is 0 Å². The first-order valence-electron chi connectivity index (χ1n) is 8.21. The lowest BCUT2D eigenvalue weighted by Crippen LogP contribution is -2.38. The molecule has 2 unspecified atom stereocenters. The largest absolute Gasteiger partial charge is 0.444 e. The molecule has 2 atom stereocenters. The molecular weight excluding hydrogens is 276 g/mol. The Bertz CT molecular complexity index is 508. The topological polar surface area (TPSA) is 50.4 Å². The Labute approximate surface area is 133 Å².